The zero-order valence-electron chi connectivity index (χ0n) is 16.1. The molecule has 0 aliphatic rings. The van der Waals surface area contributed by atoms with E-state index < -0.39 is 0 Å². The third kappa shape index (κ3) is 3.88. The molecule has 3 heterocycles. The predicted molar refractivity (Wildman–Crippen MR) is 120 cm³/mol. The fourth-order valence-electron chi connectivity index (χ4n) is 3.38. The van der Waals surface area contributed by atoms with E-state index in [0.29, 0.717) is 5.69 Å². The van der Waals surface area contributed by atoms with E-state index in [0.717, 1.165) is 51.5 Å². The highest BCUT2D eigenvalue weighted by molar-refractivity contribution is 7.13. The largest absolute Gasteiger partial charge is 0.342 e. The summed E-state index contributed by atoms with van der Waals surface area (Å²) in [6, 6.07) is 21.6. The van der Waals surface area contributed by atoms with Crippen LogP contribution in [0.25, 0.3) is 21.6 Å². The van der Waals surface area contributed by atoms with E-state index in [1.807, 2.05) is 60.0 Å². The van der Waals surface area contributed by atoms with Gasteiger partial charge in [0.1, 0.15) is 5.82 Å². The average molecular weight is 414 g/mol. The van der Waals surface area contributed by atoms with Crippen molar-refractivity contribution < 1.29 is 4.79 Å². The van der Waals surface area contributed by atoms with Gasteiger partial charge in [-0.05, 0) is 53.8 Å². The average Bonchev–Trinajstić information content (AvgIpc) is 3.52. The molecular formula is C23H19N5OS. The van der Waals surface area contributed by atoms with Crippen molar-refractivity contribution >= 4 is 34.0 Å². The van der Waals surface area contributed by atoms with Gasteiger partial charge < -0.3 is 10.3 Å². The van der Waals surface area contributed by atoms with Crippen LogP contribution in [0.3, 0.4) is 0 Å². The molecule has 6 nitrogen and oxygen atoms in total. The highest BCUT2D eigenvalue weighted by Gasteiger charge is 2.12. The number of aromatic nitrogens is 4. The van der Waals surface area contributed by atoms with E-state index in [4.69, 9.17) is 0 Å². The number of carbonyl (C=O) groups is 1. The van der Waals surface area contributed by atoms with Crippen LogP contribution in [0.1, 0.15) is 21.9 Å². The van der Waals surface area contributed by atoms with Crippen LogP contribution < -0.4 is 5.32 Å². The van der Waals surface area contributed by atoms with Crippen molar-refractivity contribution in [3.05, 3.63) is 89.2 Å². The lowest BCUT2D eigenvalue weighted by Crippen LogP contribution is -2.12. The molecule has 0 bridgehead atoms. The molecule has 0 saturated heterocycles. The molecule has 148 valence electrons. The number of para-hydroxylation sites is 2. The van der Waals surface area contributed by atoms with Gasteiger partial charge in [0.25, 0.3) is 5.91 Å². The number of amides is 1. The minimum absolute atomic E-state index is 0.233. The summed E-state index contributed by atoms with van der Waals surface area (Å²) in [4.78, 5) is 21.6. The zero-order valence-corrected chi connectivity index (χ0v) is 16.9. The summed E-state index contributed by atoms with van der Waals surface area (Å²) in [5, 5.41) is 12.0. The molecule has 3 N–H and O–H groups in total. The summed E-state index contributed by atoms with van der Waals surface area (Å²) in [6.07, 6.45) is 1.63. The lowest BCUT2D eigenvalue weighted by Gasteiger charge is -2.06. The summed E-state index contributed by atoms with van der Waals surface area (Å²) in [6.45, 7) is 0. The SMILES string of the molecule is O=C(Nc1cccc(CCc2nc3ccccc3[nH]2)c1)c1cc(-c2cccs2)[nH]n1. The van der Waals surface area contributed by atoms with Crippen LogP contribution in [-0.2, 0) is 12.8 Å². The van der Waals surface area contributed by atoms with Crippen LogP contribution in [0.15, 0.2) is 72.1 Å². The molecule has 1 amide bonds. The van der Waals surface area contributed by atoms with Crippen molar-refractivity contribution in [2.24, 2.45) is 0 Å². The molecule has 7 heteroatoms. The highest BCUT2D eigenvalue weighted by Crippen LogP contribution is 2.23. The second-order valence-electron chi connectivity index (χ2n) is 7.00. The molecule has 2 aromatic carbocycles. The van der Waals surface area contributed by atoms with E-state index in [2.05, 4.69) is 31.5 Å². The van der Waals surface area contributed by atoms with Gasteiger partial charge in [0, 0.05) is 12.1 Å². The minimum atomic E-state index is -0.233. The van der Waals surface area contributed by atoms with Crippen molar-refractivity contribution in [3.8, 4) is 10.6 Å². The number of anilines is 1. The third-order valence-corrected chi connectivity index (χ3v) is 5.77. The number of nitrogens with one attached hydrogen (secondary N) is 3. The second kappa shape index (κ2) is 7.96. The number of imidazole rings is 1. The predicted octanol–water partition coefficient (Wildman–Crippen LogP) is 5.05. The summed E-state index contributed by atoms with van der Waals surface area (Å²) in [5.41, 5.74) is 5.13. The molecular weight excluding hydrogens is 394 g/mol. The number of thiophene rings is 1. The van der Waals surface area contributed by atoms with Gasteiger partial charge in [0.05, 0.1) is 21.6 Å². The highest BCUT2D eigenvalue weighted by atomic mass is 32.1. The van der Waals surface area contributed by atoms with E-state index >= 15 is 0 Å². The lowest BCUT2D eigenvalue weighted by molar-refractivity contribution is 0.102. The number of carbonyl (C=O) groups excluding carboxylic acids is 1. The third-order valence-electron chi connectivity index (χ3n) is 4.87. The zero-order chi connectivity index (χ0) is 20.3. The maximum absolute atomic E-state index is 12.6. The molecule has 0 atom stereocenters. The van der Waals surface area contributed by atoms with Crippen molar-refractivity contribution in [2.75, 3.05) is 5.32 Å². The van der Waals surface area contributed by atoms with Gasteiger partial charge in [-0.2, -0.15) is 5.10 Å². The number of H-pyrrole nitrogens is 2. The van der Waals surface area contributed by atoms with E-state index in [1.54, 1.807) is 17.4 Å². The Labute approximate surface area is 177 Å². The van der Waals surface area contributed by atoms with Crippen molar-refractivity contribution in [2.45, 2.75) is 12.8 Å². The lowest BCUT2D eigenvalue weighted by atomic mass is 10.1. The number of hydrogen-bond donors (Lipinski definition) is 3. The summed E-state index contributed by atoms with van der Waals surface area (Å²) in [7, 11) is 0. The van der Waals surface area contributed by atoms with Gasteiger partial charge in [-0.25, -0.2) is 4.98 Å². The number of aryl methyl sites for hydroxylation is 2. The minimum Gasteiger partial charge on any atom is -0.342 e. The molecule has 30 heavy (non-hydrogen) atoms. The smallest absolute Gasteiger partial charge is 0.276 e. The second-order valence-corrected chi connectivity index (χ2v) is 7.95. The summed E-state index contributed by atoms with van der Waals surface area (Å²) >= 11 is 1.60. The standard InChI is InChI=1S/C23H19N5OS/c29-23(20-14-19(27-28-20)21-9-4-12-30-21)24-16-6-3-5-15(13-16)10-11-22-25-17-7-1-2-8-18(17)26-22/h1-9,12-14H,10-11H2,(H,24,29)(H,25,26)(H,27,28). The Morgan fingerprint density at radius 2 is 1.93 bits per heavy atom. The van der Waals surface area contributed by atoms with Crippen LogP contribution in [0.2, 0.25) is 0 Å². The Bertz CT molecular complexity index is 1270. The van der Waals surface area contributed by atoms with Crippen LogP contribution >= 0.6 is 11.3 Å². The maximum Gasteiger partial charge on any atom is 0.276 e. The van der Waals surface area contributed by atoms with Crippen LogP contribution in [0.4, 0.5) is 5.69 Å². The molecule has 5 rings (SSSR count). The van der Waals surface area contributed by atoms with Crippen LogP contribution in [0, 0.1) is 0 Å². The maximum atomic E-state index is 12.6. The van der Waals surface area contributed by atoms with E-state index in [9.17, 15) is 4.79 Å². The molecule has 0 saturated carbocycles. The molecule has 0 aliphatic carbocycles. The Morgan fingerprint density at radius 3 is 2.80 bits per heavy atom. The van der Waals surface area contributed by atoms with Gasteiger partial charge >= 0.3 is 0 Å². The fourth-order valence-corrected chi connectivity index (χ4v) is 4.07. The molecule has 0 unspecified atom stereocenters. The number of nitrogens with zero attached hydrogens (tertiary/aromatic N) is 2. The van der Waals surface area contributed by atoms with Crippen LogP contribution in [0.5, 0.6) is 0 Å². The van der Waals surface area contributed by atoms with Gasteiger partial charge in [0.2, 0.25) is 0 Å². The van der Waals surface area contributed by atoms with Crippen molar-refractivity contribution in [1.82, 2.24) is 20.2 Å². The Balaban J connectivity index is 1.25. The van der Waals surface area contributed by atoms with Crippen molar-refractivity contribution in [1.29, 1.82) is 0 Å². The normalized spacial score (nSPS) is 11.1. The van der Waals surface area contributed by atoms with E-state index in [1.165, 1.54) is 0 Å². The number of rotatable bonds is 6. The summed E-state index contributed by atoms with van der Waals surface area (Å²) < 4.78 is 0. The number of hydrogen-bond acceptors (Lipinski definition) is 4. The van der Waals surface area contributed by atoms with E-state index in [-0.39, 0.29) is 5.91 Å². The Hall–Kier alpha value is -3.71. The molecule has 0 spiro atoms. The van der Waals surface area contributed by atoms with Gasteiger partial charge in [-0.3, -0.25) is 9.89 Å². The van der Waals surface area contributed by atoms with Crippen molar-refractivity contribution in [3.63, 3.8) is 0 Å². The molecule has 5 aromatic rings. The first-order valence-electron chi connectivity index (χ1n) is 9.68. The quantitative estimate of drug-likeness (QED) is 0.364. The van der Waals surface area contributed by atoms with Crippen LogP contribution in [-0.4, -0.2) is 26.1 Å². The molecule has 0 fully saturated rings. The molecule has 3 aromatic heterocycles. The van der Waals surface area contributed by atoms with Gasteiger partial charge in [-0.1, -0.05) is 30.3 Å². The first-order chi connectivity index (χ1) is 14.7. The first-order valence-corrected chi connectivity index (χ1v) is 10.6. The number of aromatic amines is 2. The fraction of sp³-hybridized carbons (Fsp3) is 0.0870. The molecule has 0 radical (unpaired) electrons. The first kappa shape index (κ1) is 18.3. The summed E-state index contributed by atoms with van der Waals surface area (Å²) in [5.74, 6) is 0.728. The Morgan fingerprint density at radius 1 is 1.00 bits per heavy atom. The Kier molecular flexibility index (Phi) is 4.86. The topological polar surface area (TPSA) is 86.5 Å². The molecule has 0 aliphatic heterocycles. The number of fused-ring (bicyclic) bond motifs is 1. The monoisotopic (exact) mass is 413 g/mol. The van der Waals surface area contributed by atoms with Gasteiger partial charge in [0.15, 0.2) is 5.69 Å². The van der Waals surface area contributed by atoms with Gasteiger partial charge in [-0.15, -0.1) is 11.3 Å². The number of benzene rings is 2.